The summed E-state index contributed by atoms with van der Waals surface area (Å²) in [6.07, 6.45) is 0. The fourth-order valence-corrected chi connectivity index (χ4v) is 2.33. The Bertz CT molecular complexity index is 568. The molecule has 1 aromatic rings. The van der Waals surface area contributed by atoms with Crippen LogP contribution in [0.5, 0.6) is 0 Å². The van der Waals surface area contributed by atoms with Crippen molar-refractivity contribution in [2.75, 3.05) is 13.1 Å². The SMILES string of the molecule is O=C(O)C1CN(C(=O)c2cc([N+](=O)[O-])ccc2I)C1. The van der Waals surface area contributed by atoms with Crippen LogP contribution in [-0.2, 0) is 4.79 Å². The van der Waals surface area contributed by atoms with Crippen molar-refractivity contribution in [1.29, 1.82) is 0 Å². The number of aliphatic carboxylic acids is 1. The number of nitro benzene ring substituents is 1. The van der Waals surface area contributed by atoms with Crippen LogP contribution in [0.1, 0.15) is 10.4 Å². The van der Waals surface area contributed by atoms with Crippen LogP contribution in [0, 0.1) is 19.6 Å². The van der Waals surface area contributed by atoms with Gasteiger partial charge in [-0.15, -0.1) is 0 Å². The lowest BCUT2D eigenvalue weighted by molar-refractivity contribution is -0.384. The maximum Gasteiger partial charge on any atom is 0.310 e. The van der Waals surface area contributed by atoms with Crippen molar-refractivity contribution in [2.24, 2.45) is 5.92 Å². The molecule has 0 saturated carbocycles. The fraction of sp³-hybridized carbons (Fsp3) is 0.273. The molecule has 0 radical (unpaired) electrons. The van der Waals surface area contributed by atoms with E-state index >= 15 is 0 Å². The van der Waals surface area contributed by atoms with Crippen molar-refractivity contribution in [2.45, 2.75) is 0 Å². The van der Waals surface area contributed by atoms with Gasteiger partial charge in [-0.3, -0.25) is 19.7 Å². The summed E-state index contributed by atoms with van der Waals surface area (Å²) in [5.41, 5.74) is 0.0812. The molecule has 1 amide bonds. The summed E-state index contributed by atoms with van der Waals surface area (Å²) in [7, 11) is 0. The number of carbonyl (C=O) groups is 2. The van der Waals surface area contributed by atoms with E-state index < -0.39 is 16.8 Å². The zero-order chi connectivity index (χ0) is 14.2. The lowest BCUT2D eigenvalue weighted by atomic mass is 9.99. The van der Waals surface area contributed by atoms with Crippen molar-refractivity contribution in [1.82, 2.24) is 4.90 Å². The first-order valence-corrected chi connectivity index (χ1v) is 6.44. The van der Waals surface area contributed by atoms with Crippen molar-refractivity contribution < 1.29 is 19.6 Å². The number of carboxylic acids is 1. The zero-order valence-corrected chi connectivity index (χ0v) is 11.7. The second kappa shape index (κ2) is 5.11. The summed E-state index contributed by atoms with van der Waals surface area (Å²) in [6, 6.07) is 4.05. The third kappa shape index (κ3) is 2.67. The zero-order valence-electron chi connectivity index (χ0n) is 9.58. The molecule has 100 valence electrons. The first kappa shape index (κ1) is 13.7. The second-order valence-corrected chi connectivity index (χ2v) is 5.33. The molecule has 0 aliphatic carbocycles. The summed E-state index contributed by atoms with van der Waals surface area (Å²) >= 11 is 1.92. The third-order valence-corrected chi connectivity index (χ3v) is 3.85. The van der Waals surface area contributed by atoms with E-state index in [9.17, 15) is 19.7 Å². The molecule has 1 aliphatic heterocycles. The number of benzene rings is 1. The first-order chi connectivity index (χ1) is 8.90. The molecule has 2 rings (SSSR count). The molecule has 0 spiro atoms. The van der Waals surface area contributed by atoms with Crippen molar-refractivity contribution in [3.05, 3.63) is 37.4 Å². The van der Waals surface area contributed by atoms with Gasteiger partial charge in [-0.05, 0) is 28.7 Å². The van der Waals surface area contributed by atoms with Gasteiger partial charge in [0.05, 0.1) is 16.4 Å². The molecule has 8 heteroatoms. The Balaban J connectivity index is 2.18. The molecule has 1 N–H and O–H groups in total. The van der Waals surface area contributed by atoms with E-state index in [1.165, 1.54) is 23.1 Å². The van der Waals surface area contributed by atoms with E-state index in [0.717, 1.165) is 0 Å². The Hall–Kier alpha value is -1.71. The van der Waals surface area contributed by atoms with E-state index in [2.05, 4.69) is 0 Å². The standard InChI is InChI=1S/C11H9IN2O5/c12-9-2-1-7(14(18)19)3-8(9)10(15)13-4-6(5-13)11(16)17/h1-3,6H,4-5H2,(H,16,17). The highest BCUT2D eigenvalue weighted by atomic mass is 127. The summed E-state index contributed by atoms with van der Waals surface area (Å²) in [6.45, 7) is 0.292. The highest BCUT2D eigenvalue weighted by Gasteiger charge is 2.36. The van der Waals surface area contributed by atoms with Crippen molar-refractivity contribution >= 4 is 40.2 Å². The topological polar surface area (TPSA) is 101 Å². The number of nitrogens with zero attached hydrogens (tertiary/aromatic N) is 2. The Morgan fingerprint density at radius 2 is 2.05 bits per heavy atom. The van der Waals surface area contributed by atoms with Gasteiger partial charge in [0.25, 0.3) is 11.6 Å². The third-order valence-electron chi connectivity index (χ3n) is 2.91. The van der Waals surface area contributed by atoms with Gasteiger partial charge in [0.2, 0.25) is 0 Å². The number of non-ortho nitro benzene ring substituents is 1. The fourth-order valence-electron chi connectivity index (χ4n) is 1.76. The van der Waals surface area contributed by atoms with Crippen LogP contribution in [0.25, 0.3) is 0 Å². The Labute approximate surface area is 121 Å². The van der Waals surface area contributed by atoms with Gasteiger partial charge in [-0.2, -0.15) is 0 Å². The van der Waals surface area contributed by atoms with Crippen LogP contribution in [0.4, 0.5) is 5.69 Å². The van der Waals surface area contributed by atoms with Gasteiger partial charge in [-0.25, -0.2) is 0 Å². The minimum absolute atomic E-state index is 0.146. The quantitative estimate of drug-likeness (QED) is 0.488. The van der Waals surface area contributed by atoms with Crippen LogP contribution in [0.15, 0.2) is 18.2 Å². The van der Waals surface area contributed by atoms with Crippen LogP contribution in [0.3, 0.4) is 0 Å². The smallest absolute Gasteiger partial charge is 0.310 e. The number of carboxylic acid groups (broad SMARTS) is 1. The van der Waals surface area contributed by atoms with Gasteiger partial charge < -0.3 is 10.0 Å². The Morgan fingerprint density at radius 3 is 2.58 bits per heavy atom. The second-order valence-electron chi connectivity index (χ2n) is 4.17. The molecule has 19 heavy (non-hydrogen) atoms. The molecule has 0 unspecified atom stereocenters. The number of likely N-dealkylation sites (tertiary alicyclic amines) is 1. The van der Waals surface area contributed by atoms with Gasteiger partial charge in [0.15, 0.2) is 0 Å². The maximum atomic E-state index is 12.1. The maximum absolute atomic E-state index is 12.1. The number of rotatable bonds is 3. The molecule has 0 atom stereocenters. The minimum atomic E-state index is -0.933. The van der Waals surface area contributed by atoms with Crippen LogP contribution in [0.2, 0.25) is 0 Å². The Morgan fingerprint density at radius 1 is 1.42 bits per heavy atom. The molecule has 1 aromatic carbocycles. The van der Waals surface area contributed by atoms with Crippen LogP contribution >= 0.6 is 22.6 Å². The van der Waals surface area contributed by atoms with Crippen LogP contribution in [-0.4, -0.2) is 39.9 Å². The average molecular weight is 376 g/mol. The molecular weight excluding hydrogens is 367 g/mol. The lowest BCUT2D eigenvalue weighted by Gasteiger charge is -2.36. The molecule has 7 nitrogen and oxygen atoms in total. The average Bonchev–Trinajstić information content (AvgIpc) is 2.26. The number of hydrogen-bond acceptors (Lipinski definition) is 4. The monoisotopic (exact) mass is 376 g/mol. The van der Waals surface area contributed by atoms with E-state index in [1.807, 2.05) is 22.6 Å². The molecule has 0 aromatic heterocycles. The highest BCUT2D eigenvalue weighted by molar-refractivity contribution is 14.1. The number of hydrogen-bond donors (Lipinski definition) is 1. The van der Waals surface area contributed by atoms with E-state index in [0.29, 0.717) is 3.57 Å². The van der Waals surface area contributed by atoms with Crippen molar-refractivity contribution in [3.63, 3.8) is 0 Å². The molecule has 1 heterocycles. The van der Waals surface area contributed by atoms with E-state index in [-0.39, 0.29) is 30.2 Å². The van der Waals surface area contributed by atoms with Crippen LogP contribution < -0.4 is 0 Å². The molecule has 1 aliphatic rings. The molecule has 1 fully saturated rings. The molecule has 0 bridgehead atoms. The molecule has 1 saturated heterocycles. The largest absolute Gasteiger partial charge is 0.481 e. The summed E-state index contributed by atoms with van der Waals surface area (Å²) in [4.78, 5) is 34.3. The van der Waals surface area contributed by atoms with Gasteiger partial charge in [-0.1, -0.05) is 0 Å². The van der Waals surface area contributed by atoms with Gasteiger partial charge in [0, 0.05) is 28.8 Å². The molecular formula is C11H9IN2O5. The van der Waals surface area contributed by atoms with Crippen molar-refractivity contribution in [3.8, 4) is 0 Å². The number of halogens is 1. The van der Waals surface area contributed by atoms with Gasteiger partial charge >= 0.3 is 5.97 Å². The Kier molecular flexibility index (Phi) is 3.69. The van der Waals surface area contributed by atoms with Gasteiger partial charge in [0.1, 0.15) is 0 Å². The normalized spacial score (nSPS) is 14.9. The summed E-state index contributed by atoms with van der Waals surface area (Å²) in [5, 5.41) is 19.4. The summed E-state index contributed by atoms with van der Waals surface area (Å²) < 4.78 is 0.604. The predicted octanol–water partition coefficient (Wildman–Crippen LogP) is 1.36. The summed E-state index contributed by atoms with van der Waals surface area (Å²) in [5.74, 6) is -1.84. The highest BCUT2D eigenvalue weighted by Crippen LogP contribution is 2.24. The number of nitro groups is 1. The van der Waals surface area contributed by atoms with E-state index in [4.69, 9.17) is 5.11 Å². The number of amides is 1. The minimum Gasteiger partial charge on any atom is -0.481 e. The van der Waals surface area contributed by atoms with E-state index in [1.54, 1.807) is 0 Å². The first-order valence-electron chi connectivity index (χ1n) is 5.36. The lowest BCUT2D eigenvalue weighted by Crippen LogP contribution is -2.53. The predicted molar refractivity (Wildman–Crippen MR) is 72.8 cm³/mol. The number of carbonyl (C=O) groups excluding carboxylic acids is 1.